The van der Waals surface area contributed by atoms with Gasteiger partial charge in [0, 0.05) is 16.3 Å². The molecule has 0 spiro atoms. The number of hydrogen-bond acceptors (Lipinski definition) is 5. The largest absolute Gasteiger partial charge is 0.463 e. The molecule has 0 saturated heterocycles. The molecule has 0 amide bonds. The number of benzene rings is 1. The summed E-state index contributed by atoms with van der Waals surface area (Å²) in [5, 5.41) is 3.13. The number of carbonyl (C=O) groups is 1. The van der Waals surface area contributed by atoms with Crippen molar-refractivity contribution in [2.45, 2.75) is 19.9 Å². The molecule has 0 aliphatic carbocycles. The summed E-state index contributed by atoms with van der Waals surface area (Å²) >= 11 is 6.20. The van der Waals surface area contributed by atoms with Gasteiger partial charge in [0.1, 0.15) is 23.4 Å². The highest BCUT2D eigenvalue weighted by Gasteiger charge is 2.32. The number of halogens is 3. The van der Waals surface area contributed by atoms with Gasteiger partial charge in [-0.3, -0.25) is 4.99 Å². The molecule has 0 bridgehead atoms. The molecule has 1 unspecified atom stereocenters. The highest BCUT2D eigenvalue weighted by Crippen LogP contribution is 2.36. The van der Waals surface area contributed by atoms with Gasteiger partial charge in [-0.15, -0.1) is 0 Å². The zero-order valence-corrected chi connectivity index (χ0v) is 15.3. The number of aliphatic imine (C=N–C) groups is 1. The standard InChI is InChI=1S/C19H16ClF2N3O2/c1-3-27-19(26)16-10(2)24-18(15-7-5-12(22)9-23-15)25-17(16)13-6-4-11(21)8-14(13)20/h4-9,17H,3H2,1-2H3,(H,24,25). The molecular formula is C19H16ClF2N3O2. The van der Waals surface area contributed by atoms with Crippen LogP contribution >= 0.6 is 11.6 Å². The Labute approximate surface area is 159 Å². The van der Waals surface area contributed by atoms with Crippen molar-refractivity contribution in [3.05, 3.63) is 75.7 Å². The van der Waals surface area contributed by atoms with Gasteiger partial charge in [-0.1, -0.05) is 17.7 Å². The van der Waals surface area contributed by atoms with E-state index < -0.39 is 23.6 Å². The van der Waals surface area contributed by atoms with E-state index >= 15 is 0 Å². The second kappa shape index (κ2) is 7.84. The van der Waals surface area contributed by atoms with Gasteiger partial charge in [-0.05, 0) is 38.1 Å². The van der Waals surface area contributed by atoms with Crippen LogP contribution in [0.2, 0.25) is 5.02 Å². The minimum Gasteiger partial charge on any atom is -0.463 e. The summed E-state index contributed by atoms with van der Waals surface area (Å²) in [4.78, 5) is 21.0. The Balaban J connectivity index is 2.11. The molecule has 1 aliphatic heterocycles. The number of amidine groups is 1. The minimum absolute atomic E-state index is 0.131. The third-order valence-corrected chi connectivity index (χ3v) is 4.29. The monoisotopic (exact) mass is 391 g/mol. The molecule has 1 aromatic carbocycles. The summed E-state index contributed by atoms with van der Waals surface area (Å²) in [6, 6.07) is 5.77. The van der Waals surface area contributed by atoms with E-state index in [0.717, 1.165) is 12.3 Å². The maximum Gasteiger partial charge on any atom is 0.338 e. The zero-order chi connectivity index (χ0) is 19.6. The normalized spacial score (nSPS) is 16.6. The lowest BCUT2D eigenvalue weighted by Gasteiger charge is -2.26. The summed E-state index contributed by atoms with van der Waals surface area (Å²) in [7, 11) is 0. The van der Waals surface area contributed by atoms with Gasteiger partial charge in [-0.2, -0.15) is 0 Å². The average molecular weight is 392 g/mol. The molecule has 0 fully saturated rings. The number of nitrogens with one attached hydrogen (secondary N) is 1. The van der Waals surface area contributed by atoms with Crippen LogP contribution in [0.5, 0.6) is 0 Å². The second-order valence-electron chi connectivity index (χ2n) is 5.79. The quantitative estimate of drug-likeness (QED) is 0.802. The summed E-state index contributed by atoms with van der Waals surface area (Å²) in [6.45, 7) is 3.57. The van der Waals surface area contributed by atoms with Crippen LogP contribution < -0.4 is 5.32 Å². The van der Waals surface area contributed by atoms with Crippen LogP contribution in [0.4, 0.5) is 8.78 Å². The van der Waals surface area contributed by atoms with Crippen molar-refractivity contribution in [2.75, 3.05) is 6.61 Å². The van der Waals surface area contributed by atoms with Crippen molar-refractivity contribution in [1.29, 1.82) is 0 Å². The Morgan fingerprint density at radius 2 is 2.00 bits per heavy atom. The summed E-state index contributed by atoms with van der Waals surface area (Å²) in [5.74, 6) is -1.19. The minimum atomic E-state index is -0.819. The molecule has 0 saturated carbocycles. The maximum atomic E-state index is 13.5. The number of aromatic nitrogens is 1. The van der Waals surface area contributed by atoms with E-state index in [1.54, 1.807) is 13.8 Å². The lowest BCUT2D eigenvalue weighted by atomic mass is 9.95. The molecule has 0 radical (unpaired) electrons. The van der Waals surface area contributed by atoms with Crippen LogP contribution in [-0.4, -0.2) is 23.4 Å². The van der Waals surface area contributed by atoms with Crippen LogP contribution in [-0.2, 0) is 9.53 Å². The van der Waals surface area contributed by atoms with E-state index in [1.165, 1.54) is 24.3 Å². The second-order valence-corrected chi connectivity index (χ2v) is 6.20. The average Bonchev–Trinajstić information content (AvgIpc) is 2.62. The van der Waals surface area contributed by atoms with Crippen molar-refractivity contribution in [2.24, 2.45) is 4.99 Å². The van der Waals surface area contributed by atoms with E-state index in [1.807, 2.05) is 0 Å². The zero-order valence-electron chi connectivity index (χ0n) is 14.6. The highest BCUT2D eigenvalue weighted by molar-refractivity contribution is 6.31. The Morgan fingerprint density at radius 3 is 2.63 bits per heavy atom. The van der Waals surface area contributed by atoms with Crippen molar-refractivity contribution >= 4 is 23.4 Å². The first kappa shape index (κ1) is 19.0. The van der Waals surface area contributed by atoms with Crippen molar-refractivity contribution in [3.8, 4) is 0 Å². The van der Waals surface area contributed by atoms with Crippen LogP contribution in [0.15, 0.2) is 52.8 Å². The molecule has 3 rings (SSSR count). The first-order valence-corrected chi connectivity index (χ1v) is 8.58. The fraction of sp³-hybridized carbons (Fsp3) is 0.211. The van der Waals surface area contributed by atoms with Gasteiger partial charge in [0.2, 0.25) is 0 Å². The molecule has 5 nitrogen and oxygen atoms in total. The lowest BCUT2D eigenvalue weighted by Crippen LogP contribution is -2.33. The maximum absolute atomic E-state index is 13.5. The number of allylic oxidation sites excluding steroid dienone is 1. The van der Waals surface area contributed by atoms with Gasteiger partial charge in [0.15, 0.2) is 5.84 Å². The topological polar surface area (TPSA) is 63.6 Å². The van der Waals surface area contributed by atoms with Crippen molar-refractivity contribution in [1.82, 2.24) is 10.3 Å². The van der Waals surface area contributed by atoms with Crippen LogP contribution in [0.3, 0.4) is 0 Å². The number of pyridine rings is 1. The number of nitrogens with zero attached hydrogens (tertiary/aromatic N) is 2. The van der Waals surface area contributed by atoms with E-state index in [2.05, 4.69) is 15.3 Å². The number of carbonyl (C=O) groups excluding carboxylic acids is 1. The van der Waals surface area contributed by atoms with Crippen molar-refractivity contribution in [3.63, 3.8) is 0 Å². The number of rotatable bonds is 4. The van der Waals surface area contributed by atoms with Gasteiger partial charge in [0.05, 0.1) is 18.4 Å². The molecule has 1 aromatic heterocycles. The predicted molar refractivity (Wildman–Crippen MR) is 97.4 cm³/mol. The molecule has 8 heteroatoms. The van der Waals surface area contributed by atoms with Gasteiger partial charge in [-0.25, -0.2) is 18.6 Å². The first-order chi connectivity index (χ1) is 12.9. The molecule has 1 aliphatic rings. The predicted octanol–water partition coefficient (Wildman–Crippen LogP) is 3.94. The van der Waals surface area contributed by atoms with E-state index in [9.17, 15) is 13.6 Å². The van der Waals surface area contributed by atoms with Crippen LogP contribution in [0.1, 0.15) is 31.1 Å². The fourth-order valence-electron chi connectivity index (χ4n) is 2.74. The van der Waals surface area contributed by atoms with E-state index in [4.69, 9.17) is 16.3 Å². The lowest BCUT2D eigenvalue weighted by molar-refractivity contribution is -0.138. The summed E-state index contributed by atoms with van der Waals surface area (Å²) < 4.78 is 31.8. The van der Waals surface area contributed by atoms with E-state index in [-0.39, 0.29) is 17.2 Å². The number of ether oxygens (including phenoxy) is 1. The Bertz CT molecular complexity index is 942. The summed E-state index contributed by atoms with van der Waals surface area (Å²) in [5.41, 5.74) is 1.59. The fourth-order valence-corrected chi connectivity index (χ4v) is 3.01. The first-order valence-electron chi connectivity index (χ1n) is 8.20. The molecule has 140 valence electrons. The Hall–Kier alpha value is -2.80. The smallest absolute Gasteiger partial charge is 0.338 e. The molecule has 2 heterocycles. The third-order valence-electron chi connectivity index (χ3n) is 3.96. The van der Waals surface area contributed by atoms with Crippen molar-refractivity contribution < 1.29 is 18.3 Å². The Kier molecular flexibility index (Phi) is 5.51. The van der Waals surface area contributed by atoms with Crippen LogP contribution in [0, 0.1) is 11.6 Å². The van der Waals surface area contributed by atoms with Gasteiger partial charge in [0.25, 0.3) is 0 Å². The third kappa shape index (κ3) is 3.98. The molecule has 2 aromatic rings. The van der Waals surface area contributed by atoms with E-state index in [0.29, 0.717) is 22.8 Å². The SMILES string of the molecule is CCOC(=O)C1=C(C)NC(c2ccc(F)cn2)=NC1c1ccc(F)cc1Cl. The molecule has 1 N–H and O–H groups in total. The van der Waals surface area contributed by atoms with Gasteiger partial charge >= 0.3 is 5.97 Å². The van der Waals surface area contributed by atoms with Gasteiger partial charge < -0.3 is 10.1 Å². The molecule has 1 atom stereocenters. The molecular weight excluding hydrogens is 376 g/mol. The number of hydrogen-bond donors (Lipinski definition) is 1. The van der Waals surface area contributed by atoms with Crippen LogP contribution in [0.25, 0.3) is 0 Å². The highest BCUT2D eigenvalue weighted by atomic mass is 35.5. The Morgan fingerprint density at radius 1 is 1.26 bits per heavy atom. The summed E-state index contributed by atoms with van der Waals surface area (Å²) in [6.07, 6.45) is 1.07. The molecule has 27 heavy (non-hydrogen) atoms. The number of esters is 1.